The first-order valence-corrected chi connectivity index (χ1v) is 7.90. The topological polar surface area (TPSA) is 90.3 Å². The molecular formula is C13H15N3O3S. The summed E-state index contributed by atoms with van der Waals surface area (Å²) in [7, 11) is -3.32. The molecule has 0 saturated carbocycles. The van der Waals surface area contributed by atoms with Crippen molar-refractivity contribution in [3.63, 3.8) is 0 Å². The lowest BCUT2D eigenvalue weighted by atomic mass is 10.2. The second kappa shape index (κ2) is 6.03. The smallest absolute Gasteiger partial charge is 0.239 e. The van der Waals surface area contributed by atoms with Crippen LogP contribution in [0.15, 0.2) is 24.3 Å². The van der Waals surface area contributed by atoms with E-state index >= 15 is 0 Å². The number of nitrogens with zero attached hydrogens (tertiary/aromatic N) is 2. The fourth-order valence-corrected chi connectivity index (χ4v) is 3.61. The molecular weight excluding hydrogens is 278 g/mol. The van der Waals surface area contributed by atoms with E-state index < -0.39 is 15.9 Å². The van der Waals surface area contributed by atoms with Gasteiger partial charge in [-0.25, -0.2) is 8.42 Å². The van der Waals surface area contributed by atoms with E-state index in [4.69, 9.17) is 5.26 Å². The lowest BCUT2D eigenvalue weighted by Gasteiger charge is -2.25. The van der Waals surface area contributed by atoms with E-state index in [0.29, 0.717) is 24.2 Å². The summed E-state index contributed by atoms with van der Waals surface area (Å²) in [5.41, 5.74) is 0.747. The second-order valence-corrected chi connectivity index (χ2v) is 6.65. The lowest BCUT2D eigenvalue weighted by Crippen LogP contribution is -2.42. The third-order valence-corrected chi connectivity index (χ3v) is 5.00. The van der Waals surface area contributed by atoms with E-state index in [9.17, 15) is 13.2 Å². The van der Waals surface area contributed by atoms with Gasteiger partial charge in [0.2, 0.25) is 15.9 Å². The molecule has 0 aliphatic carbocycles. The van der Waals surface area contributed by atoms with Crippen LogP contribution in [0.2, 0.25) is 0 Å². The number of carbonyl (C=O) groups is 1. The van der Waals surface area contributed by atoms with E-state index in [0.717, 1.165) is 6.42 Å². The van der Waals surface area contributed by atoms with Gasteiger partial charge in [0.15, 0.2) is 0 Å². The largest absolute Gasteiger partial charge is 0.324 e. The third-order valence-electron chi connectivity index (χ3n) is 3.09. The molecule has 0 atom stereocenters. The Balaban J connectivity index is 2.04. The highest BCUT2D eigenvalue weighted by Crippen LogP contribution is 2.16. The zero-order valence-electron chi connectivity index (χ0n) is 10.9. The van der Waals surface area contributed by atoms with Gasteiger partial charge in [-0.05, 0) is 25.0 Å². The average Bonchev–Trinajstić information content (AvgIpc) is 2.42. The van der Waals surface area contributed by atoms with Crippen LogP contribution < -0.4 is 5.32 Å². The zero-order valence-corrected chi connectivity index (χ0v) is 11.7. The molecule has 0 bridgehead atoms. The predicted molar refractivity (Wildman–Crippen MR) is 74.4 cm³/mol. The van der Waals surface area contributed by atoms with Crippen molar-refractivity contribution in [2.24, 2.45) is 0 Å². The van der Waals surface area contributed by atoms with Gasteiger partial charge in [0.1, 0.15) is 6.07 Å². The number of para-hydroxylation sites is 1. The molecule has 1 fully saturated rings. The normalized spacial score (nSPS) is 18.1. The van der Waals surface area contributed by atoms with E-state index in [2.05, 4.69) is 5.32 Å². The number of hydrogen-bond acceptors (Lipinski definition) is 4. The maximum Gasteiger partial charge on any atom is 0.239 e. The molecule has 20 heavy (non-hydrogen) atoms. The van der Waals surface area contributed by atoms with Crippen LogP contribution in [0.25, 0.3) is 0 Å². The maximum absolute atomic E-state index is 11.9. The molecule has 6 nitrogen and oxygen atoms in total. The van der Waals surface area contributed by atoms with Gasteiger partial charge < -0.3 is 5.32 Å². The van der Waals surface area contributed by atoms with E-state index in [1.165, 1.54) is 4.31 Å². The van der Waals surface area contributed by atoms with Gasteiger partial charge in [-0.3, -0.25) is 4.79 Å². The molecule has 1 N–H and O–H groups in total. The van der Waals surface area contributed by atoms with Crippen molar-refractivity contribution in [1.29, 1.82) is 5.26 Å². The summed E-state index contributed by atoms with van der Waals surface area (Å²) in [6.45, 7) is 0.164. The summed E-state index contributed by atoms with van der Waals surface area (Å²) in [4.78, 5) is 11.9. The molecule has 0 unspecified atom stereocenters. The maximum atomic E-state index is 11.9. The molecule has 1 amide bonds. The molecule has 1 saturated heterocycles. The molecule has 0 radical (unpaired) electrons. The summed E-state index contributed by atoms with van der Waals surface area (Å²) < 4.78 is 24.8. The monoisotopic (exact) mass is 293 g/mol. The van der Waals surface area contributed by atoms with Crippen LogP contribution in [-0.4, -0.2) is 37.5 Å². The highest BCUT2D eigenvalue weighted by molar-refractivity contribution is 7.89. The summed E-state index contributed by atoms with van der Waals surface area (Å²) in [5.74, 6) is -0.340. The fourth-order valence-electron chi connectivity index (χ4n) is 2.06. The van der Waals surface area contributed by atoms with Crippen molar-refractivity contribution >= 4 is 21.6 Å². The van der Waals surface area contributed by atoms with Crippen molar-refractivity contribution in [3.05, 3.63) is 29.8 Å². The van der Waals surface area contributed by atoms with E-state index in [-0.39, 0.29) is 12.3 Å². The van der Waals surface area contributed by atoms with Crippen molar-refractivity contribution in [3.8, 4) is 6.07 Å². The zero-order chi connectivity index (χ0) is 14.6. The molecule has 1 heterocycles. The molecule has 7 heteroatoms. The minimum atomic E-state index is -3.32. The van der Waals surface area contributed by atoms with Crippen LogP contribution in [0, 0.1) is 11.3 Å². The van der Waals surface area contributed by atoms with Crippen LogP contribution >= 0.6 is 0 Å². The van der Waals surface area contributed by atoms with Gasteiger partial charge in [0, 0.05) is 6.54 Å². The van der Waals surface area contributed by atoms with Gasteiger partial charge in [0.05, 0.1) is 23.5 Å². The number of nitriles is 1. The Morgan fingerprint density at radius 1 is 1.35 bits per heavy atom. The summed E-state index contributed by atoms with van der Waals surface area (Å²) in [5, 5.41) is 11.5. The number of sulfonamides is 1. The Morgan fingerprint density at radius 2 is 2.10 bits per heavy atom. The fraction of sp³-hybridized carbons (Fsp3) is 0.385. The van der Waals surface area contributed by atoms with Crippen molar-refractivity contribution in [2.45, 2.75) is 12.8 Å². The van der Waals surface area contributed by atoms with Crippen LogP contribution in [0.4, 0.5) is 5.69 Å². The van der Waals surface area contributed by atoms with Crippen molar-refractivity contribution in [2.75, 3.05) is 24.2 Å². The molecule has 0 aromatic heterocycles. The molecule has 0 spiro atoms. The molecule has 1 aromatic rings. The predicted octanol–water partition coefficient (Wildman–Crippen LogP) is 0.922. The first kappa shape index (κ1) is 14.5. The third kappa shape index (κ3) is 3.35. The molecule has 106 valence electrons. The Kier molecular flexibility index (Phi) is 4.37. The molecule has 2 rings (SSSR count). The van der Waals surface area contributed by atoms with E-state index in [1.807, 2.05) is 6.07 Å². The summed E-state index contributed by atoms with van der Waals surface area (Å²) in [6, 6.07) is 8.58. The first-order chi connectivity index (χ1) is 9.53. The SMILES string of the molecule is N#Cc1ccccc1NC(=O)CN1CCCCS1(=O)=O. The number of amides is 1. The molecule has 1 aliphatic heterocycles. The van der Waals surface area contributed by atoms with Crippen LogP contribution in [-0.2, 0) is 14.8 Å². The van der Waals surface area contributed by atoms with Crippen molar-refractivity contribution in [1.82, 2.24) is 4.31 Å². The first-order valence-electron chi connectivity index (χ1n) is 6.30. The molecule has 1 aromatic carbocycles. The lowest BCUT2D eigenvalue weighted by molar-refractivity contribution is -0.116. The van der Waals surface area contributed by atoms with E-state index in [1.54, 1.807) is 24.3 Å². The Morgan fingerprint density at radius 3 is 2.80 bits per heavy atom. The highest BCUT2D eigenvalue weighted by atomic mass is 32.2. The standard InChI is InChI=1S/C13H15N3O3S/c14-9-11-5-1-2-6-12(11)15-13(17)10-16-7-3-4-8-20(16,18)19/h1-2,5-6H,3-4,7-8,10H2,(H,15,17). The number of benzene rings is 1. The van der Waals surface area contributed by atoms with Crippen LogP contribution in [0.1, 0.15) is 18.4 Å². The number of carbonyl (C=O) groups excluding carboxylic acids is 1. The van der Waals surface area contributed by atoms with Gasteiger partial charge >= 0.3 is 0 Å². The average molecular weight is 293 g/mol. The van der Waals surface area contributed by atoms with Gasteiger partial charge in [-0.2, -0.15) is 9.57 Å². The summed E-state index contributed by atoms with van der Waals surface area (Å²) in [6.07, 6.45) is 1.40. The summed E-state index contributed by atoms with van der Waals surface area (Å²) >= 11 is 0. The van der Waals surface area contributed by atoms with Crippen LogP contribution in [0.3, 0.4) is 0 Å². The number of anilines is 1. The highest BCUT2D eigenvalue weighted by Gasteiger charge is 2.27. The Hall–Kier alpha value is -1.91. The van der Waals surface area contributed by atoms with Gasteiger partial charge in [0.25, 0.3) is 0 Å². The number of rotatable bonds is 3. The molecule has 1 aliphatic rings. The van der Waals surface area contributed by atoms with Gasteiger partial charge in [-0.15, -0.1) is 0 Å². The van der Waals surface area contributed by atoms with Gasteiger partial charge in [-0.1, -0.05) is 12.1 Å². The van der Waals surface area contributed by atoms with Crippen LogP contribution in [0.5, 0.6) is 0 Å². The number of nitrogens with one attached hydrogen (secondary N) is 1. The quantitative estimate of drug-likeness (QED) is 0.897. The second-order valence-electron chi connectivity index (χ2n) is 4.56. The van der Waals surface area contributed by atoms with Crippen molar-refractivity contribution < 1.29 is 13.2 Å². The minimum absolute atomic E-state index is 0.0923. The Bertz CT molecular complexity index is 649. The Labute approximate surface area is 118 Å². The number of hydrogen-bond donors (Lipinski definition) is 1. The minimum Gasteiger partial charge on any atom is -0.324 e.